The summed E-state index contributed by atoms with van der Waals surface area (Å²) >= 11 is 5.78. The minimum atomic E-state index is -0.705. The van der Waals surface area contributed by atoms with Gasteiger partial charge < -0.3 is 10.4 Å². The van der Waals surface area contributed by atoms with Gasteiger partial charge in [0.05, 0.1) is 6.42 Å². The predicted molar refractivity (Wildman–Crippen MR) is 90.7 cm³/mol. The van der Waals surface area contributed by atoms with Gasteiger partial charge in [0.15, 0.2) is 0 Å². The van der Waals surface area contributed by atoms with E-state index in [1.807, 2.05) is 0 Å². The summed E-state index contributed by atoms with van der Waals surface area (Å²) < 4.78 is 1.11. The number of aliphatic imine (C=N–C) groups is 1. The number of aromatic hydroxyl groups is 1. The summed E-state index contributed by atoms with van der Waals surface area (Å²) in [5.74, 6) is -0.459. The van der Waals surface area contributed by atoms with Crippen LogP contribution in [0.5, 0.6) is 5.88 Å². The predicted octanol–water partition coefficient (Wildman–Crippen LogP) is 3.30. The Bertz CT molecular complexity index is 901. The largest absolute Gasteiger partial charge is 0.493 e. The number of aromatic nitrogens is 2. The zero-order valence-electron chi connectivity index (χ0n) is 13.1. The fourth-order valence-electron chi connectivity index (χ4n) is 2.11. The molecule has 0 unspecified atom stereocenters. The van der Waals surface area contributed by atoms with Gasteiger partial charge in [0.1, 0.15) is 11.5 Å². The highest BCUT2D eigenvalue weighted by Gasteiger charge is 2.26. The third-order valence-electron chi connectivity index (χ3n) is 3.39. The molecule has 0 saturated heterocycles. The molecule has 0 atom stereocenters. The first-order chi connectivity index (χ1) is 12.0. The molecule has 0 bridgehead atoms. The molecule has 1 aromatic heterocycles. The summed E-state index contributed by atoms with van der Waals surface area (Å²) in [5, 5.41) is 20.7. The molecule has 1 aliphatic heterocycles. The number of hydrogen-bond acceptors (Lipinski definition) is 5. The van der Waals surface area contributed by atoms with E-state index in [9.17, 15) is 14.7 Å². The Balaban J connectivity index is 1.80. The molecule has 2 aromatic rings. The third kappa shape index (κ3) is 3.56. The normalized spacial score (nSPS) is 13.9. The number of anilines is 1. The van der Waals surface area contributed by atoms with E-state index < -0.39 is 6.03 Å². The molecule has 3 rings (SSSR count). The molecule has 1 aromatic carbocycles. The first-order valence-electron chi connectivity index (χ1n) is 7.37. The highest BCUT2D eigenvalue weighted by Crippen LogP contribution is 2.29. The molecule has 0 saturated carbocycles. The molecular formula is C15H13ClN6O3. The maximum atomic E-state index is 12.0. The molecule has 0 spiro atoms. The van der Waals surface area contributed by atoms with Crippen LogP contribution in [0.3, 0.4) is 0 Å². The second kappa shape index (κ2) is 6.81. The van der Waals surface area contributed by atoms with Crippen molar-refractivity contribution in [3.05, 3.63) is 35.0 Å². The highest BCUT2D eigenvalue weighted by atomic mass is 35.5. The molecular weight excluding hydrogens is 348 g/mol. The van der Waals surface area contributed by atoms with Crippen molar-refractivity contribution in [2.24, 2.45) is 15.2 Å². The Morgan fingerprint density at radius 2 is 2.00 bits per heavy atom. The number of imidazole rings is 1. The topological polar surface area (TPSA) is 121 Å². The van der Waals surface area contributed by atoms with Gasteiger partial charge in [-0.3, -0.25) is 4.79 Å². The molecule has 1 aliphatic rings. The van der Waals surface area contributed by atoms with Crippen LogP contribution >= 0.6 is 11.6 Å². The SMILES string of the molecule is CCC(=O)Cc1nc2n(c1O)C(=NC(=O)Nc1ccc(Cl)cc1)N=N2. The lowest BCUT2D eigenvalue weighted by molar-refractivity contribution is -0.118. The Hall–Kier alpha value is -3.07. The van der Waals surface area contributed by atoms with E-state index in [1.165, 1.54) is 0 Å². The first-order valence-corrected chi connectivity index (χ1v) is 7.75. The average Bonchev–Trinajstić information content (AvgIpc) is 3.11. The number of amides is 2. The minimum absolute atomic E-state index is 0.0257. The number of fused-ring (bicyclic) bond motifs is 1. The number of azo groups is 1. The van der Waals surface area contributed by atoms with Crippen molar-refractivity contribution >= 4 is 41.0 Å². The van der Waals surface area contributed by atoms with Crippen LogP contribution in [0.15, 0.2) is 39.5 Å². The number of nitrogens with one attached hydrogen (secondary N) is 1. The number of rotatable bonds is 4. The quantitative estimate of drug-likeness (QED) is 0.868. The van der Waals surface area contributed by atoms with Crippen LogP contribution in [0.25, 0.3) is 0 Å². The van der Waals surface area contributed by atoms with Crippen molar-refractivity contribution in [3.8, 4) is 5.88 Å². The fraction of sp³-hybridized carbons (Fsp3) is 0.200. The molecule has 2 amide bonds. The standard InChI is InChI=1S/C15H13ClN6O3/c1-2-10(23)7-11-12(24)22-13(18-11)20-21-14(22)19-15(25)17-9-5-3-8(16)4-6-9/h3-6,24H,2,7H2,1H3,(H,17,25). The van der Waals surface area contributed by atoms with Gasteiger partial charge in [0.2, 0.25) is 5.88 Å². The first kappa shape index (κ1) is 16.8. The molecule has 25 heavy (non-hydrogen) atoms. The molecule has 0 fully saturated rings. The second-order valence-corrected chi connectivity index (χ2v) is 5.57. The molecule has 128 valence electrons. The van der Waals surface area contributed by atoms with Crippen molar-refractivity contribution in [2.75, 3.05) is 5.32 Å². The van der Waals surface area contributed by atoms with E-state index >= 15 is 0 Å². The van der Waals surface area contributed by atoms with Crippen molar-refractivity contribution in [2.45, 2.75) is 19.8 Å². The molecule has 2 N–H and O–H groups in total. The molecule has 0 radical (unpaired) electrons. The third-order valence-corrected chi connectivity index (χ3v) is 3.64. The van der Waals surface area contributed by atoms with Crippen LogP contribution in [0.1, 0.15) is 19.0 Å². The maximum absolute atomic E-state index is 12.0. The van der Waals surface area contributed by atoms with Crippen LogP contribution in [-0.2, 0) is 11.2 Å². The Morgan fingerprint density at radius 3 is 2.68 bits per heavy atom. The van der Waals surface area contributed by atoms with Gasteiger partial charge in [-0.2, -0.15) is 4.99 Å². The zero-order valence-corrected chi connectivity index (χ0v) is 13.9. The summed E-state index contributed by atoms with van der Waals surface area (Å²) in [6, 6.07) is 5.77. The van der Waals surface area contributed by atoms with Crippen molar-refractivity contribution in [3.63, 3.8) is 0 Å². The number of benzene rings is 1. The van der Waals surface area contributed by atoms with Gasteiger partial charge in [0.25, 0.3) is 11.9 Å². The van der Waals surface area contributed by atoms with Crippen LogP contribution < -0.4 is 5.32 Å². The summed E-state index contributed by atoms with van der Waals surface area (Å²) in [5.41, 5.74) is 0.671. The van der Waals surface area contributed by atoms with E-state index in [2.05, 4.69) is 25.5 Å². The van der Waals surface area contributed by atoms with Gasteiger partial charge >= 0.3 is 6.03 Å². The van der Waals surface area contributed by atoms with Crippen LogP contribution in [-0.4, -0.2) is 32.4 Å². The lowest BCUT2D eigenvalue weighted by Crippen LogP contribution is -2.13. The zero-order chi connectivity index (χ0) is 18.0. The molecule has 2 heterocycles. The van der Waals surface area contributed by atoms with Gasteiger partial charge in [-0.25, -0.2) is 14.3 Å². The lowest BCUT2D eigenvalue weighted by Gasteiger charge is -2.03. The van der Waals surface area contributed by atoms with Crippen LogP contribution in [0.2, 0.25) is 5.02 Å². The van der Waals surface area contributed by atoms with Crippen molar-refractivity contribution in [1.29, 1.82) is 0 Å². The number of Topliss-reactive ketones (excluding diaryl/α,β-unsaturated/α-hetero) is 1. The van der Waals surface area contributed by atoms with E-state index in [0.29, 0.717) is 17.1 Å². The van der Waals surface area contributed by atoms with E-state index in [0.717, 1.165) is 4.57 Å². The van der Waals surface area contributed by atoms with Crippen LogP contribution in [0, 0.1) is 0 Å². The summed E-state index contributed by atoms with van der Waals surface area (Å²) in [7, 11) is 0. The Kier molecular flexibility index (Phi) is 4.57. The number of hydrogen-bond donors (Lipinski definition) is 2. The van der Waals surface area contributed by atoms with E-state index in [-0.39, 0.29) is 35.7 Å². The Morgan fingerprint density at radius 1 is 1.28 bits per heavy atom. The number of carbonyl (C=O) groups excluding carboxylic acids is 2. The van der Waals surface area contributed by atoms with Gasteiger partial charge in [-0.1, -0.05) is 18.5 Å². The molecule has 9 nitrogen and oxygen atoms in total. The monoisotopic (exact) mass is 360 g/mol. The van der Waals surface area contributed by atoms with E-state index in [1.54, 1.807) is 31.2 Å². The van der Waals surface area contributed by atoms with Gasteiger partial charge in [-0.05, 0) is 24.3 Å². The number of nitrogens with zero attached hydrogens (tertiary/aromatic N) is 5. The second-order valence-electron chi connectivity index (χ2n) is 5.14. The summed E-state index contributed by atoms with van der Waals surface area (Å²) in [6.45, 7) is 1.72. The maximum Gasteiger partial charge on any atom is 0.348 e. The molecule has 10 heteroatoms. The van der Waals surface area contributed by atoms with Crippen molar-refractivity contribution in [1.82, 2.24) is 9.55 Å². The number of halogens is 1. The number of ketones is 1. The highest BCUT2D eigenvalue weighted by molar-refractivity contribution is 6.30. The number of urea groups is 1. The van der Waals surface area contributed by atoms with Gasteiger partial charge in [0, 0.05) is 17.1 Å². The van der Waals surface area contributed by atoms with Crippen LogP contribution in [0.4, 0.5) is 16.4 Å². The summed E-state index contributed by atoms with van der Waals surface area (Å²) in [6.07, 6.45) is 0.301. The fourth-order valence-corrected chi connectivity index (χ4v) is 2.23. The van der Waals surface area contributed by atoms with Gasteiger partial charge in [-0.15, -0.1) is 10.2 Å². The Labute approximate surface area is 147 Å². The smallest absolute Gasteiger partial charge is 0.348 e. The van der Waals surface area contributed by atoms with E-state index in [4.69, 9.17) is 11.6 Å². The minimum Gasteiger partial charge on any atom is -0.493 e. The van der Waals surface area contributed by atoms with Crippen molar-refractivity contribution < 1.29 is 14.7 Å². The average molecular weight is 361 g/mol. The lowest BCUT2D eigenvalue weighted by atomic mass is 10.2. The molecule has 0 aliphatic carbocycles. The number of carbonyl (C=O) groups is 2. The summed E-state index contributed by atoms with van der Waals surface area (Å²) in [4.78, 5) is 31.3.